The molecule has 0 atom stereocenters. The summed E-state index contributed by atoms with van der Waals surface area (Å²) >= 11 is 0. The summed E-state index contributed by atoms with van der Waals surface area (Å²) in [5.74, 6) is -1.31. The summed E-state index contributed by atoms with van der Waals surface area (Å²) in [6, 6.07) is 6.81. The van der Waals surface area contributed by atoms with Crippen LogP contribution in [0, 0.1) is 0 Å². The molecule has 4 amide bonds. The van der Waals surface area contributed by atoms with Gasteiger partial charge in [0.15, 0.2) is 9.84 Å². The van der Waals surface area contributed by atoms with E-state index in [9.17, 15) is 22.8 Å². The van der Waals surface area contributed by atoms with Gasteiger partial charge in [-0.15, -0.1) is 0 Å². The highest BCUT2D eigenvalue weighted by atomic mass is 32.2. The van der Waals surface area contributed by atoms with E-state index in [2.05, 4.69) is 17.6 Å². The number of aryl methyl sites for hydroxylation is 1. The molecule has 3 rings (SSSR count). The molecule has 2 aliphatic rings. The van der Waals surface area contributed by atoms with Crippen molar-refractivity contribution in [2.24, 2.45) is 0 Å². The molecule has 2 heterocycles. The zero-order chi connectivity index (χ0) is 20.4. The van der Waals surface area contributed by atoms with Crippen LogP contribution in [0.25, 0.3) is 0 Å². The predicted octanol–water partition coefficient (Wildman–Crippen LogP) is 1.47. The van der Waals surface area contributed by atoms with Gasteiger partial charge in [0.1, 0.15) is 12.1 Å². The molecule has 1 aromatic rings. The summed E-state index contributed by atoms with van der Waals surface area (Å²) in [4.78, 5) is 38.1. The number of imide groups is 1. The molecule has 9 heteroatoms. The summed E-state index contributed by atoms with van der Waals surface area (Å²) in [6.45, 7) is 1.72. The molecule has 8 nitrogen and oxygen atoms in total. The number of hydrogen-bond acceptors (Lipinski definition) is 5. The van der Waals surface area contributed by atoms with Gasteiger partial charge in [0.2, 0.25) is 5.91 Å². The van der Waals surface area contributed by atoms with Gasteiger partial charge in [0, 0.05) is 5.69 Å². The molecular formula is C19H25N3O5S. The Morgan fingerprint density at radius 2 is 1.82 bits per heavy atom. The molecule has 2 fully saturated rings. The lowest BCUT2D eigenvalue weighted by Crippen LogP contribution is -2.52. The first-order valence-corrected chi connectivity index (χ1v) is 11.3. The van der Waals surface area contributed by atoms with Crippen molar-refractivity contribution < 1.29 is 22.8 Å². The Balaban J connectivity index is 1.59. The Bertz CT molecular complexity index is 865. The second-order valence-electron chi connectivity index (χ2n) is 7.40. The summed E-state index contributed by atoms with van der Waals surface area (Å²) in [6.07, 6.45) is 3.26. The number of benzene rings is 1. The number of amides is 4. The van der Waals surface area contributed by atoms with Gasteiger partial charge in [-0.25, -0.2) is 13.2 Å². The Hall–Kier alpha value is -2.42. The van der Waals surface area contributed by atoms with E-state index in [1.807, 2.05) is 12.1 Å². The first-order chi connectivity index (χ1) is 13.2. The molecule has 0 aromatic heterocycles. The molecule has 0 aliphatic carbocycles. The van der Waals surface area contributed by atoms with Gasteiger partial charge in [-0.05, 0) is 43.4 Å². The van der Waals surface area contributed by atoms with E-state index in [4.69, 9.17) is 0 Å². The van der Waals surface area contributed by atoms with Crippen LogP contribution in [0.2, 0.25) is 0 Å². The average molecular weight is 407 g/mol. The Labute approximate surface area is 164 Å². The van der Waals surface area contributed by atoms with Gasteiger partial charge in [-0.3, -0.25) is 14.5 Å². The molecule has 2 N–H and O–H groups in total. The fourth-order valence-electron chi connectivity index (χ4n) is 3.52. The van der Waals surface area contributed by atoms with E-state index in [0.29, 0.717) is 5.69 Å². The number of sulfone groups is 1. The lowest BCUT2D eigenvalue weighted by Gasteiger charge is -2.30. The number of urea groups is 1. The van der Waals surface area contributed by atoms with Crippen LogP contribution in [-0.2, 0) is 25.8 Å². The van der Waals surface area contributed by atoms with Gasteiger partial charge in [0.05, 0.1) is 11.5 Å². The van der Waals surface area contributed by atoms with Gasteiger partial charge >= 0.3 is 6.03 Å². The minimum absolute atomic E-state index is 0.0389. The number of anilines is 1. The zero-order valence-electron chi connectivity index (χ0n) is 15.9. The maximum absolute atomic E-state index is 12.7. The van der Waals surface area contributed by atoms with Crippen molar-refractivity contribution in [3.63, 3.8) is 0 Å². The molecule has 0 saturated carbocycles. The second kappa shape index (κ2) is 7.90. The van der Waals surface area contributed by atoms with E-state index in [-0.39, 0.29) is 24.3 Å². The molecule has 1 spiro atoms. The SMILES string of the molecule is CCCCc1ccc(NC(=O)CN2C(=O)NC3(CCS(=O)(=O)CC3)C2=O)cc1. The minimum Gasteiger partial charge on any atom is -0.325 e. The van der Waals surface area contributed by atoms with Crippen LogP contribution >= 0.6 is 0 Å². The highest BCUT2D eigenvalue weighted by molar-refractivity contribution is 7.91. The zero-order valence-corrected chi connectivity index (χ0v) is 16.7. The number of unbranched alkanes of at least 4 members (excludes halogenated alkanes) is 1. The number of carbonyl (C=O) groups excluding carboxylic acids is 3. The van der Waals surface area contributed by atoms with Crippen molar-refractivity contribution >= 4 is 33.4 Å². The maximum Gasteiger partial charge on any atom is 0.325 e. The van der Waals surface area contributed by atoms with Crippen LogP contribution in [0.4, 0.5) is 10.5 Å². The van der Waals surface area contributed by atoms with Crippen LogP contribution in [0.3, 0.4) is 0 Å². The lowest BCUT2D eigenvalue weighted by atomic mass is 9.92. The first-order valence-electron chi connectivity index (χ1n) is 9.48. The van der Waals surface area contributed by atoms with Crippen LogP contribution in [-0.4, -0.2) is 54.8 Å². The summed E-state index contributed by atoms with van der Waals surface area (Å²) < 4.78 is 23.2. The third-order valence-corrected chi connectivity index (χ3v) is 6.94. The highest BCUT2D eigenvalue weighted by Gasteiger charge is 2.53. The fraction of sp³-hybridized carbons (Fsp3) is 0.526. The molecule has 0 bridgehead atoms. The first kappa shape index (κ1) is 20.3. The standard InChI is InChI=1S/C19H25N3O5S/c1-2-3-4-14-5-7-15(8-6-14)20-16(23)13-22-17(24)19(21-18(22)25)9-11-28(26,27)12-10-19/h5-8H,2-4,9-13H2,1H3,(H,20,23)(H,21,25). The van der Waals surface area contributed by atoms with Gasteiger partial charge < -0.3 is 10.6 Å². The number of hydrogen-bond donors (Lipinski definition) is 2. The predicted molar refractivity (Wildman–Crippen MR) is 105 cm³/mol. The van der Waals surface area contributed by atoms with E-state index in [0.717, 1.165) is 24.2 Å². The van der Waals surface area contributed by atoms with Crippen LogP contribution in [0.5, 0.6) is 0 Å². The van der Waals surface area contributed by atoms with E-state index in [1.54, 1.807) is 12.1 Å². The molecule has 0 unspecified atom stereocenters. The lowest BCUT2D eigenvalue weighted by molar-refractivity contribution is -0.134. The van der Waals surface area contributed by atoms with Crippen molar-refractivity contribution in [1.82, 2.24) is 10.2 Å². The van der Waals surface area contributed by atoms with Crippen molar-refractivity contribution in [1.29, 1.82) is 0 Å². The molecule has 1 aromatic carbocycles. The molecule has 28 heavy (non-hydrogen) atoms. The van der Waals surface area contributed by atoms with Crippen molar-refractivity contribution in [2.75, 3.05) is 23.4 Å². The summed E-state index contributed by atoms with van der Waals surface area (Å²) in [5, 5.41) is 5.29. The van der Waals surface area contributed by atoms with E-state index in [1.165, 1.54) is 5.56 Å². The van der Waals surface area contributed by atoms with Gasteiger partial charge in [0.25, 0.3) is 5.91 Å². The van der Waals surface area contributed by atoms with E-state index >= 15 is 0 Å². The number of nitrogens with zero attached hydrogens (tertiary/aromatic N) is 1. The van der Waals surface area contributed by atoms with Crippen LogP contribution in [0.15, 0.2) is 24.3 Å². The topological polar surface area (TPSA) is 113 Å². The van der Waals surface area contributed by atoms with E-state index < -0.39 is 39.8 Å². The Morgan fingerprint density at radius 1 is 1.18 bits per heavy atom. The average Bonchev–Trinajstić information content (AvgIpc) is 2.88. The fourth-order valence-corrected chi connectivity index (χ4v) is 5.05. The smallest absolute Gasteiger partial charge is 0.325 e. The minimum atomic E-state index is -3.18. The van der Waals surface area contributed by atoms with Crippen molar-refractivity contribution in [2.45, 2.75) is 44.6 Å². The molecule has 2 aliphatic heterocycles. The molecule has 152 valence electrons. The van der Waals surface area contributed by atoms with Crippen LogP contribution < -0.4 is 10.6 Å². The monoisotopic (exact) mass is 407 g/mol. The quantitative estimate of drug-likeness (QED) is 0.694. The van der Waals surface area contributed by atoms with Gasteiger partial charge in [-0.2, -0.15) is 0 Å². The van der Waals surface area contributed by atoms with Crippen molar-refractivity contribution in [3.8, 4) is 0 Å². The molecule has 2 saturated heterocycles. The highest BCUT2D eigenvalue weighted by Crippen LogP contribution is 2.30. The molecular weight excluding hydrogens is 382 g/mol. The van der Waals surface area contributed by atoms with Crippen molar-refractivity contribution in [3.05, 3.63) is 29.8 Å². The number of nitrogens with one attached hydrogen (secondary N) is 2. The maximum atomic E-state index is 12.7. The summed E-state index contributed by atoms with van der Waals surface area (Å²) in [5.41, 5.74) is 0.572. The largest absolute Gasteiger partial charge is 0.325 e. The number of rotatable bonds is 6. The second-order valence-corrected chi connectivity index (χ2v) is 9.71. The summed E-state index contributed by atoms with van der Waals surface area (Å²) in [7, 11) is -3.18. The third kappa shape index (κ3) is 4.35. The van der Waals surface area contributed by atoms with Crippen LogP contribution in [0.1, 0.15) is 38.2 Å². The Morgan fingerprint density at radius 3 is 2.43 bits per heavy atom. The molecule has 0 radical (unpaired) electrons. The number of carbonyl (C=O) groups is 3. The Kier molecular flexibility index (Phi) is 5.74. The van der Waals surface area contributed by atoms with Gasteiger partial charge in [-0.1, -0.05) is 25.5 Å². The normalized spacial score (nSPS) is 20.2. The third-order valence-electron chi connectivity index (χ3n) is 5.28.